The summed E-state index contributed by atoms with van der Waals surface area (Å²) in [7, 11) is 0. The number of nitrogens with one attached hydrogen (secondary N) is 2. The fraction of sp³-hybridized carbons (Fsp3) is 0.304. The average molecular weight is 435 g/mol. The molecular weight excluding hydrogens is 410 g/mol. The van der Waals surface area contributed by atoms with Crippen LogP contribution >= 0.6 is 0 Å². The summed E-state index contributed by atoms with van der Waals surface area (Å²) < 4.78 is 5.49. The minimum atomic E-state index is -1.04. The van der Waals surface area contributed by atoms with E-state index in [1.54, 1.807) is 30.8 Å². The number of carbonyl (C=O) groups excluding carboxylic acids is 1. The highest BCUT2D eigenvalue weighted by atomic mass is 16.4. The van der Waals surface area contributed by atoms with Crippen molar-refractivity contribution in [2.24, 2.45) is 5.92 Å². The van der Waals surface area contributed by atoms with Crippen LogP contribution in [0.3, 0.4) is 0 Å². The van der Waals surface area contributed by atoms with E-state index in [2.05, 4.69) is 39.0 Å². The quantitative estimate of drug-likeness (QED) is 0.554. The number of anilines is 2. The summed E-state index contributed by atoms with van der Waals surface area (Å²) in [5.41, 5.74) is 4.29. The minimum absolute atomic E-state index is 0.196. The van der Waals surface area contributed by atoms with E-state index in [0.717, 1.165) is 29.8 Å². The van der Waals surface area contributed by atoms with Crippen LogP contribution in [-0.2, 0) is 0 Å². The van der Waals surface area contributed by atoms with E-state index in [1.165, 1.54) is 0 Å². The molecular formula is C23H25N5O4. The number of rotatable bonds is 5. The number of allylic oxidation sites excluding steroid dienone is 1. The summed E-state index contributed by atoms with van der Waals surface area (Å²) in [6.07, 6.45) is 4.54. The number of carbonyl (C=O) groups is 2. The van der Waals surface area contributed by atoms with Crippen molar-refractivity contribution >= 4 is 40.0 Å². The molecule has 1 aliphatic rings. The van der Waals surface area contributed by atoms with Crippen molar-refractivity contribution in [2.45, 2.75) is 26.3 Å². The average Bonchev–Trinajstić information content (AvgIpc) is 3.16. The van der Waals surface area contributed by atoms with Crippen LogP contribution in [0.4, 0.5) is 16.2 Å². The van der Waals surface area contributed by atoms with Gasteiger partial charge in [-0.25, -0.2) is 9.78 Å². The molecule has 4 heterocycles. The second-order valence-corrected chi connectivity index (χ2v) is 8.21. The van der Waals surface area contributed by atoms with Gasteiger partial charge in [-0.15, -0.1) is 0 Å². The van der Waals surface area contributed by atoms with Gasteiger partial charge in [0.05, 0.1) is 17.6 Å². The van der Waals surface area contributed by atoms with Crippen molar-refractivity contribution in [3.8, 4) is 0 Å². The molecule has 3 aromatic rings. The zero-order chi connectivity index (χ0) is 22.8. The number of piperidine rings is 1. The maximum absolute atomic E-state index is 13.0. The maximum Gasteiger partial charge on any atom is 0.404 e. The molecule has 3 aromatic heterocycles. The molecule has 0 aromatic carbocycles. The summed E-state index contributed by atoms with van der Waals surface area (Å²) in [5, 5.41) is 14.6. The first-order chi connectivity index (χ1) is 15.3. The van der Waals surface area contributed by atoms with Crippen molar-refractivity contribution in [3.05, 3.63) is 54.7 Å². The van der Waals surface area contributed by atoms with Gasteiger partial charge in [-0.05, 0) is 43.0 Å². The Bertz CT molecular complexity index is 1190. The third kappa shape index (κ3) is 4.41. The Morgan fingerprint density at radius 3 is 2.84 bits per heavy atom. The molecule has 9 nitrogen and oxygen atoms in total. The predicted octanol–water partition coefficient (Wildman–Crippen LogP) is 3.99. The Morgan fingerprint density at radius 2 is 2.09 bits per heavy atom. The molecule has 4 rings (SSSR count). The summed E-state index contributed by atoms with van der Waals surface area (Å²) in [5.74, 6) is -0.0941. The minimum Gasteiger partial charge on any atom is -0.465 e. The first kappa shape index (κ1) is 21.4. The van der Waals surface area contributed by atoms with E-state index in [0.29, 0.717) is 23.3 Å². The molecule has 0 aliphatic carbocycles. The van der Waals surface area contributed by atoms with E-state index in [4.69, 9.17) is 9.52 Å². The Morgan fingerprint density at radius 1 is 1.28 bits per heavy atom. The van der Waals surface area contributed by atoms with Gasteiger partial charge in [0.2, 0.25) is 0 Å². The van der Waals surface area contributed by atoms with Crippen molar-refractivity contribution in [1.29, 1.82) is 0 Å². The van der Waals surface area contributed by atoms with Gasteiger partial charge in [-0.3, -0.25) is 9.78 Å². The van der Waals surface area contributed by atoms with Crippen LogP contribution in [0.15, 0.2) is 47.9 Å². The Kier molecular flexibility index (Phi) is 5.81. The smallest absolute Gasteiger partial charge is 0.404 e. The van der Waals surface area contributed by atoms with Crippen LogP contribution in [0.2, 0.25) is 0 Å². The number of furan rings is 1. The number of carboxylic acid groups (broad SMARTS) is 1. The monoisotopic (exact) mass is 435 g/mol. The Hall–Kier alpha value is -3.88. The van der Waals surface area contributed by atoms with Gasteiger partial charge in [0.25, 0.3) is 5.91 Å². The first-order valence-corrected chi connectivity index (χ1v) is 10.4. The number of hydrogen-bond acceptors (Lipinski definition) is 6. The van der Waals surface area contributed by atoms with Crippen molar-refractivity contribution < 1.29 is 19.1 Å². The number of pyridine rings is 2. The molecule has 9 heteroatoms. The molecule has 0 spiro atoms. The predicted molar refractivity (Wildman–Crippen MR) is 122 cm³/mol. The molecule has 3 N–H and O–H groups in total. The van der Waals surface area contributed by atoms with Crippen LogP contribution in [0, 0.1) is 5.92 Å². The normalized spacial score (nSPS) is 18.4. The third-order valence-corrected chi connectivity index (χ3v) is 5.48. The van der Waals surface area contributed by atoms with Gasteiger partial charge in [0.15, 0.2) is 5.58 Å². The van der Waals surface area contributed by atoms with Gasteiger partial charge >= 0.3 is 6.09 Å². The second-order valence-electron chi connectivity index (χ2n) is 8.21. The van der Waals surface area contributed by atoms with Crippen LogP contribution < -0.4 is 15.5 Å². The van der Waals surface area contributed by atoms with Gasteiger partial charge in [0.1, 0.15) is 17.5 Å². The zero-order valence-electron chi connectivity index (χ0n) is 18.0. The lowest BCUT2D eigenvalue weighted by molar-refractivity contribution is 0.102. The number of aromatic nitrogens is 2. The molecule has 166 valence electrons. The fourth-order valence-electron chi connectivity index (χ4n) is 4.11. The topological polar surface area (TPSA) is 121 Å². The lowest BCUT2D eigenvalue weighted by atomic mass is 9.95. The van der Waals surface area contributed by atoms with Gasteiger partial charge < -0.3 is 25.1 Å². The number of hydrogen-bond donors (Lipinski definition) is 3. The second kappa shape index (κ2) is 8.70. The van der Waals surface area contributed by atoms with Crippen molar-refractivity contribution in [3.63, 3.8) is 0 Å². The molecule has 32 heavy (non-hydrogen) atoms. The van der Waals surface area contributed by atoms with E-state index >= 15 is 0 Å². The molecule has 2 amide bonds. The van der Waals surface area contributed by atoms with Crippen LogP contribution in [0.5, 0.6) is 0 Å². The van der Waals surface area contributed by atoms with Crippen LogP contribution in [0.25, 0.3) is 16.7 Å². The summed E-state index contributed by atoms with van der Waals surface area (Å²) in [6.45, 7) is 9.10. The van der Waals surface area contributed by atoms with E-state index < -0.39 is 6.09 Å². The van der Waals surface area contributed by atoms with E-state index in [-0.39, 0.29) is 23.6 Å². The van der Waals surface area contributed by atoms with E-state index in [9.17, 15) is 9.59 Å². The SMILES string of the molecule is C=C(C)c1coc2ccc(C(=O)Nc3cnccc3N3C[C@H](C)C[C@H](NC(=O)O)C3)nc12. The largest absolute Gasteiger partial charge is 0.465 e. The van der Waals surface area contributed by atoms with Gasteiger partial charge in [0, 0.05) is 30.9 Å². The molecule has 2 atom stereocenters. The number of nitrogens with zero attached hydrogens (tertiary/aromatic N) is 3. The van der Waals surface area contributed by atoms with Crippen molar-refractivity contribution in [2.75, 3.05) is 23.3 Å². The highest BCUT2D eigenvalue weighted by molar-refractivity contribution is 6.05. The van der Waals surface area contributed by atoms with E-state index in [1.807, 2.05) is 13.0 Å². The Labute approximate surface area is 185 Å². The highest BCUT2D eigenvalue weighted by Crippen LogP contribution is 2.30. The fourth-order valence-corrected chi connectivity index (χ4v) is 4.11. The van der Waals surface area contributed by atoms with Gasteiger partial charge in [-0.1, -0.05) is 13.5 Å². The summed E-state index contributed by atoms with van der Waals surface area (Å²) >= 11 is 0. The standard InChI is InChI=1S/C23H25N5O4/c1-13(2)16-12-32-20-5-4-17(26-21(16)20)22(29)27-18-9-24-7-6-19(18)28-10-14(3)8-15(11-28)25-23(30)31/h4-7,9,12,14-15,25H,1,8,10-11H2,2-3H3,(H,27,29)(H,30,31)/t14-,15+/m1/s1. The lowest BCUT2D eigenvalue weighted by Crippen LogP contribution is -2.50. The number of amides is 2. The Balaban J connectivity index is 1.58. The highest BCUT2D eigenvalue weighted by Gasteiger charge is 2.27. The molecule has 1 aliphatic heterocycles. The van der Waals surface area contributed by atoms with Crippen molar-refractivity contribution in [1.82, 2.24) is 15.3 Å². The van der Waals surface area contributed by atoms with Crippen LogP contribution in [-0.4, -0.2) is 46.2 Å². The van der Waals surface area contributed by atoms with Crippen LogP contribution in [0.1, 0.15) is 36.3 Å². The summed E-state index contributed by atoms with van der Waals surface area (Å²) in [6, 6.07) is 4.94. The van der Waals surface area contributed by atoms with Gasteiger partial charge in [-0.2, -0.15) is 0 Å². The number of fused-ring (bicyclic) bond motifs is 1. The molecule has 0 saturated carbocycles. The lowest BCUT2D eigenvalue weighted by Gasteiger charge is -2.38. The zero-order valence-corrected chi connectivity index (χ0v) is 18.0. The molecule has 1 saturated heterocycles. The summed E-state index contributed by atoms with van der Waals surface area (Å²) in [4.78, 5) is 34.8. The molecule has 0 radical (unpaired) electrons. The molecule has 0 bridgehead atoms. The third-order valence-electron chi connectivity index (χ3n) is 5.48. The molecule has 0 unspecified atom stereocenters. The molecule has 1 fully saturated rings. The first-order valence-electron chi connectivity index (χ1n) is 10.4. The maximum atomic E-state index is 13.0.